The number of hydrogen-bond acceptors (Lipinski definition) is 6. The topological polar surface area (TPSA) is 115 Å². The molecule has 0 bridgehead atoms. The fourth-order valence-corrected chi connectivity index (χ4v) is 2.80. The van der Waals surface area contributed by atoms with Crippen molar-refractivity contribution < 1.29 is 13.8 Å². The van der Waals surface area contributed by atoms with Crippen molar-refractivity contribution in [3.63, 3.8) is 0 Å². The minimum atomic E-state index is -1.55. The van der Waals surface area contributed by atoms with Crippen molar-refractivity contribution in [1.29, 1.82) is 5.26 Å². The minimum absolute atomic E-state index is 0.0345. The number of nitrogens with zero attached hydrogens (tertiary/aromatic N) is 3. The molecule has 0 saturated carbocycles. The predicted octanol–water partition coefficient (Wildman–Crippen LogP) is 2.60. The first-order chi connectivity index (χ1) is 12.1. The van der Waals surface area contributed by atoms with E-state index in [1.165, 1.54) is 12.5 Å². The molecule has 0 fully saturated rings. The summed E-state index contributed by atoms with van der Waals surface area (Å²) in [6, 6.07) is 13.8. The van der Waals surface area contributed by atoms with Gasteiger partial charge in [0.05, 0.1) is 6.26 Å². The van der Waals surface area contributed by atoms with E-state index in [9.17, 15) is 14.6 Å². The Kier molecular flexibility index (Phi) is 4.79. The van der Waals surface area contributed by atoms with Crippen LogP contribution in [0.15, 0.2) is 58.2 Å². The van der Waals surface area contributed by atoms with Gasteiger partial charge in [0.2, 0.25) is 5.95 Å². The molecule has 0 radical (unpaired) electrons. The SMILES string of the molecule is C[S+]([O-])c1nc(NC(=O)c2ccccc2)nc(-c2ccco2)c1C#N. The minimum Gasteiger partial charge on any atom is -0.610 e. The molecule has 1 aromatic carbocycles. The predicted molar refractivity (Wildman–Crippen MR) is 91.2 cm³/mol. The Morgan fingerprint density at radius 2 is 2.00 bits per heavy atom. The summed E-state index contributed by atoms with van der Waals surface area (Å²) in [5.74, 6) is -0.145. The van der Waals surface area contributed by atoms with Gasteiger partial charge in [-0.2, -0.15) is 10.2 Å². The first kappa shape index (κ1) is 16.7. The van der Waals surface area contributed by atoms with Crippen LogP contribution in [0.5, 0.6) is 0 Å². The van der Waals surface area contributed by atoms with Crippen LogP contribution in [0.1, 0.15) is 15.9 Å². The van der Waals surface area contributed by atoms with Crippen LogP contribution >= 0.6 is 0 Å². The van der Waals surface area contributed by atoms with Crippen LogP contribution in [0, 0.1) is 11.3 Å². The summed E-state index contributed by atoms with van der Waals surface area (Å²) < 4.78 is 17.3. The van der Waals surface area contributed by atoms with Crippen molar-refractivity contribution >= 4 is 23.0 Å². The molecule has 124 valence electrons. The van der Waals surface area contributed by atoms with Crippen LogP contribution in [0.3, 0.4) is 0 Å². The molecule has 0 aliphatic rings. The summed E-state index contributed by atoms with van der Waals surface area (Å²) in [4.78, 5) is 20.6. The molecule has 25 heavy (non-hydrogen) atoms. The second kappa shape index (κ2) is 7.17. The molecule has 7 nitrogen and oxygen atoms in total. The van der Waals surface area contributed by atoms with Crippen LogP contribution in [0.25, 0.3) is 11.5 Å². The Balaban J connectivity index is 2.06. The number of benzene rings is 1. The fourth-order valence-electron chi connectivity index (χ4n) is 2.16. The Morgan fingerprint density at radius 1 is 1.24 bits per heavy atom. The summed E-state index contributed by atoms with van der Waals surface area (Å²) in [6.07, 6.45) is 2.83. The van der Waals surface area contributed by atoms with Crippen LogP contribution in [-0.4, -0.2) is 26.7 Å². The third-order valence-electron chi connectivity index (χ3n) is 3.28. The summed E-state index contributed by atoms with van der Waals surface area (Å²) in [7, 11) is 0. The fraction of sp³-hybridized carbons (Fsp3) is 0.0588. The zero-order chi connectivity index (χ0) is 17.8. The molecule has 3 aromatic rings. The monoisotopic (exact) mass is 352 g/mol. The average Bonchev–Trinajstić information content (AvgIpc) is 3.16. The number of aromatic nitrogens is 2. The number of amides is 1. The highest BCUT2D eigenvalue weighted by atomic mass is 32.2. The molecular weight excluding hydrogens is 340 g/mol. The van der Waals surface area contributed by atoms with Crippen molar-refractivity contribution in [1.82, 2.24) is 9.97 Å². The van der Waals surface area contributed by atoms with Gasteiger partial charge in [0.15, 0.2) is 11.3 Å². The van der Waals surface area contributed by atoms with Crippen molar-refractivity contribution in [2.45, 2.75) is 5.03 Å². The van der Waals surface area contributed by atoms with Crippen LogP contribution in [-0.2, 0) is 11.2 Å². The molecule has 1 N–H and O–H groups in total. The van der Waals surface area contributed by atoms with Crippen LogP contribution in [0.4, 0.5) is 5.95 Å². The van der Waals surface area contributed by atoms with Gasteiger partial charge in [-0.15, -0.1) is 0 Å². The van der Waals surface area contributed by atoms with E-state index in [1.54, 1.807) is 42.5 Å². The molecule has 0 aliphatic carbocycles. The quantitative estimate of drug-likeness (QED) is 0.570. The lowest BCUT2D eigenvalue weighted by molar-refractivity contribution is 0.102. The molecule has 8 heteroatoms. The van der Waals surface area contributed by atoms with E-state index in [0.717, 1.165) is 0 Å². The first-order valence-corrected chi connectivity index (χ1v) is 8.72. The smallest absolute Gasteiger partial charge is 0.267 e. The zero-order valence-corrected chi connectivity index (χ0v) is 13.9. The third kappa shape index (κ3) is 3.52. The summed E-state index contributed by atoms with van der Waals surface area (Å²) >= 11 is -1.55. The van der Waals surface area contributed by atoms with Gasteiger partial charge in [-0.3, -0.25) is 10.1 Å². The lowest BCUT2D eigenvalue weighted by Gasteiger charge is -2.10. The lowest BCUT2D eigenvalue weighted by atomic mass is 10.2. The molecule has 0 spiro atoms. The van der Waals surface area contributed by atoms with Gasteiger partial charge in [-0.1, -0.05) is 18.2 Å². The van der Waals surface area contributed by atoms with Gasteiger partial charge in [0.25, 0.3) is 10.9 Å². The van der Waals surface area contributed by atoms with E-state index in [4.69, 9.17) is 4.42 Å². The number of rotatable bonds is 4. The Labute approximate surface area is 146 Å². The van der Waals surface area contributed by atoms with Gasteiger partial charge >= 0.3 is 0 Å². The van der Waals surface area contributed by atoms with Gasteiger partial charge in [-0.05, 0) is 24.3 Å². The van der Waals surface area contributed by atoms with Gasteiger partial charge in [0, 0.05) is 16.7 Å². The van der Waals surface area contributed by atoms with Crippen molar-refractivity contribution in [2.24, 2.45) is 0 Å². The molecule has 2 heterocycles. The van der Waals surface area contributed by atoms with E-state index in [0.29, 0.717) is 11.3 Å². The molecule has 2 aromatic heterocycles. The normalized spacial score (nSPS) is 11.6. The van der Waals surface area contributed by atoms with E-state index in [1.807, 2.05) is 6.07 Å². The van der Waals surface area contributed by atoms with Crippen molar-refractivity contribution in [2.75, 3.05) is 11.6 Å². The van der Waals surface area contributed by atoms with E-state index >= 15 is 0 Å². The molecule has 0 aliphatic heterocycles. The van der Waals surface area contributed by atoms with Crippen LogP contribution < -0.4 is 5.32 Å². The maximum Gasteiger partial charge on any atom is 0.267 e. The lowest BCUT2D eigenvalue weighted by Crippen LogP contribution is -2.17. The third-order valence-corrected chi connectivity index (χ3v) is 4.12. The largest absolute Gasteiger partial charge is 0.610 e. The van der Waals surface area contributed by atoms with E-state index in [-0.39, 0.29) is 22.2 Å². The number of anilines is 1. The maximum absolute atomic E-state index is 12.3. The highest BCUT2D eigenvalue weighted by Gasteiger charge is 2.24. The summed E-state index contributed by atoms with van der Waals surface area (Å²) in [5, 5.41) is 12.0. The Hall–Kier alpha value is -3.15. The van der Waals surface area contributed by atoms with Gasteiger partial charge in [0.1, 0.15) is 18.0 Å². The highest BCUT2D eigenvalue weighted by molar-refractivity contribution is 7.90. The van der Waals surface area contributed by atoms with Gasteiger partial charge < -0.3 is 8.97 Å². The Bertz CT molecular complexity index is 935. The average molecular weight is 352 g/mol. The summed E-state index contributed by atoms with van der Waals surface area (Å²) in [5.41, 5.74) is 0.652. The van der Waals surface area contributed by atoms with E-state index in [2.05, 4.69) is 15.3 Å². The molecular formula is C17H12N4O3S. The molecule has 1 unspecified atom stereocenters. The Morgan fingerprint density at radius 3 is 2.60 bits per heavy atom. The molecule has 1 amide bonds. The number of carbonyl (C=O) groups is 1. The molecule has 1 atom stereocenters. The molecule has 3 rings (SSSR count). The maximum atomic E-state index is 12.3. The number of nitriles is 1. The highest BCUT2D eigenvalue weighted by Crippen LogP contribution is 2.27. The zero-order valence-electron chi connectivity index (χ0n) is 13.1. The van der Waals surface area contributed by atoms with Crippen molar-refractivity contribution in [3.8, 4) is 17.5 Å². The van der Waals surface area contributed by atoms with Crippen molar-refractivity contribution in [3.05, 3.63) is 59.9 Å². The first-order valence-electron chi connectivity index (χ1n) is 7.16. The standard InChI is InChI=1S/C17H12N4O3S/c1-25(23)16-12(10-18)14(13-8-5-9-24-13)19-17(21-16)20-15(22)11-6-3-2-4-7-11/h2-9H,1H3,(H,19,20,21,22). The number of carbonyl (C=O) groups excluding carboxylic acids is 1. The summed E-state index contributed by atoms with van der Waals surface area (Å²) in [6.45, 7) is 0. The van der Waals surface area contributed by atoms with Gasteiger partial charge in [-0.25, -0.2) is 4.98 Å². The molecule has 0 saturated heterocycles. The second-order valence-electron chi connectivity index (χ2n) is 4.94. The second-order valence-corrected chi connectivity index (χ2v) is 6.23. The van der Waals surface area contributed by atoms with Crippen LogP contribution in [0.2, 0.25) is 0 Å². The number of nitrogens with one attached hydrogen (secondary N) is 1. The number of hydrogen-bond donors (Lipinski definition) is 1. The van der Waals surface area contributed by atoms with E-state index < -0.39 is 17.1 Å². The number of furan rings is 1.